The second kappa shape index (κ2) is 8.41. The summed E-state index contributed by atoms with van der Waals surface area (Å²) in [5.74, 6) is 0.912. The molecule has 5 nitrogen and oxygen atoms in total. The molecule has 140 valence electrons. The number of hydrogen-bond acceptors (Lipinski definition) is 3. The molecule has 1 fully saturated rings. The lowest BCUT2D eigenvalue weighted by molar-refractivity contribution is 0.144. The van der Waals surface area contributed by atoms with Crippen molar-refractivity contribution in [2.24, 2.45) is 0 Å². The Hall–Kier alpha value is -2.27. The first kappa shape index (κ1) is 18.5. The normalized spacial score (nSPS) is 16.3. The van der Waals surface area contributed by atoms with Crippen molar-refractivity contribution in [1.82, 2.24) is 10.2 Å². The maximum Gasteiger partial charge on any atom is 0.319 e. The number of piperidine rings is 1. The molecule has 1 unspecified atom stereocenters. The maximum absolute atomic E-state index is 12.5. The van der Waals surface area contributed by atoms with Crippen LogP contribution in [-0.4, -0.2) is 30.6 Å². The number of nitrogens with zero attached hydrogens (tertiary/aromatic N) is 1. The van der Waals surface area contributed by atoms with Crippen molar-refractivity contribution in [3.8, 4) is 0 Å². The molecular weight excluding hydrogens is 326 g/mol. The van der Waals surface area contributed by atoms with Gasteiger partial charge in [-0.05, 0) is 70.0 Å². The molecule has 2 aromatic rings. The smallest absolute Gasteiger partial charge is 0.319 e. The molecule has 1 aromatic carbocycles. The summed E-state index contributed by atoms with van der Waals surface area (Å²) in [6.45, 7) is 8.74. The van der Waals surface area contributed by atoms with Gasteiger partial charge in [0.1, 0.15) is 5.76 Å². The van der Waals surface area contributed by atoms with Crippen LogP contribution in [-0.2, 0) is 0 Å². The van der Waals surface area contributed by atoms with Gasteiger partial charge in [0, 0.05) is 12.2 Å². The van der Waals surface area contributed by atoms with Gasteiger partial charge in [-0.1, -0.05) is 24.1 Å². The minimum absolute atomic E-state index is 0.0799. The van der Waals surface area contributed by atoms with Gasteiger partial charge in [-0.25, -0.2) is 4.79 Å². The first-order valence-electron chi connectivity index (χ1n) is 9.45. The van der Waals surface area contributed by atoms with E-state index in [0.717, 1.165) is 35.7 Å². The molecule has 3 rings (SSSR count). The number of rotatable bonds is 5. The van der Waals surface area contributed by atoms with Gasteiger partial charge < -0.3 is 15.1 Å². The van der Waals surface area contributed by atoms with E-state index >= 15 is 0 Å². The number of nitrogens with one attached hydrogen (secondary N) is 2. The highest BCUT2D eigenvalue weighted by atomic mass is 16.3. The number of hydrogen-bond donors (Lipinski definition) is 2. The first-order valence-corrected chi connectivity index (χ1v) is 9.45. The van der Waals surface area contributed by atoms with E-state index in [1.165, 1.54) is 24.8 Å². The first-order chi connectivity index (χ1) is 12.5. The van der Waals surface area contributed by atoms with Crippen molar-refractivity contribution in [3.63, 3.8) is 0 Å². The van der Waals surface area contributed by atoms with E-state index in [4.69, 9.17) is 4.42 Å². The number of urea groups is 1. The third-order valence-corrected chi connectivity index (χ3v) is 5.07. The van der Waals surface area contributed by atoms with Crippen molar-refractivity contribution >= 4 is 11.7 Å². The molecule has 0 bridgehead atoms. The van der Waals surface area contributed by atoms with Gasteiger partial charge in [0.25, 0.3) is 0 Å². The van der Waals surface area contributed by atoms with Crippen LogP contribution in [0.5, 0.6) is 0 Å². The lowest BCUT2D eigenvalue weighted by Gasteiger charge is -2.33. The second-order valence-corrected chi connectivity index (χ2v) is 7.24. The summed E-state index contributed by atoms with van der Waals surface area (Å²) in [6.07, 6.45) is 5.38. The summed E-state index contributed by atoms with van der Waals surface area (Å²) in [6, 6.07) is 7.98. The molecule has 0 saturated carbocycles. The lowest BCUT2D eigenvalue weighted by Crippen LogP contribution is -2.41. The Morgan fingerprint density at radius 3 is 2.46 bits per heavy atom. The minimum atomic E-state index is -0.173. The average Bonchev–Trinajstić information content (AvgIpc) is 3.13. The molecule has 0 spiro atoms. The predicted octanol–water partition coefficient (Wildman–Crippen LogP) is 4.55. The standard InChI is InChI=1S/C21H29N3O2/c1-15-12-16(2)20(17(3)13-15)23-21(25)22-14-18(19-8-7-11-26-19)24-9-5-4-6-10-24/h7-8,11-13,18H,4-6,9-10,14H2,1-3H3,(H2,22,23,25). The van der Waals surface area contributed by atoms with E-state index in [9.17, 15) is 4.79 Å². The van der Waals surface area contributed by atoms with Crippen molar-refractivity contribution in [2.45, 2.75) is 46.1 Å². The Morgan fingerprint density at radius 2 is 1.85 bits per heavy atom. The molecule has 1 saturated heterocycles. The molecule has 0 radical (unpaired) electrons. The highest BCUT2D eigenvalue weighted by Gasteiger charge is 2.25. The Labute approximate surface area is 155 Å². The summed E-state index contributed by atoms with van der Waals surface area (Å²) in [5, 5.41) is 6.04. The summed E-state index contributed by atoms with van der Waals surface area (Å²) in [7, 11) is 0. The molecule has 26 heavy (non-hydrogen) atoms. The van der Waals surface area contributed by atoms with E-state index in [1.54, 1.807) is 6.26 Å². The van der Waals surface area contributed by atoms with Crippen LogP contribution in [0.1, 0.15) is 47.8 Å². The van der Waals surface area contributed by atoms with Gasteiger partial charge in [0.05, 0.1) is 12.3 Å². The van der Waals surface area contributed by atoms with Gasteiger partial charge in [0.15, 0.2) is 0 Å². The van der Waals surface area contributed by atoms with E-state index < -0.39 is 0 Å². The van der Waals surface area contributed by atoms with Crippen molar-refractivity contribution in [1.29, 1.82) is 0 Å². The van der Waals surface area contributed by atoms with E-state index in [0.29, 0.717) is 6.54 Å². The molecule has 1 aliphatic heterocycles. The number of aryl methyl sites for hydroxylation is 3. The zero-order chi connectivity index (χ0) is 18.5. The van der Waals surface area contributed by atoms with Crippen LogP contribution in [0.2, 0.25) is 0 Å². The van der Waals surface area contributed by atoms with Crippen molar-refractivity contribution in [2.75, 3.05) is 25.0 Å². The molecule has 2 N–H and O–H groups in total. The van der Waals surface area contributed by atoms with E-state index in [-0.39, 0.29) is 12.1 Å². The molecule has 2 heterocycles. The third kappa shape index (κ3) is 4.47. The number of benzene rings is 1. The fraction of sp³-hybridized carbons (Fsp3) is 0.476. The number of furan rings is 1. The Kier molecular flexibility index (Phi) is 5.99. The van der Waals surface area contributed by atoms with E-state index in [1.807, 2.05) is 26.0 Å². The Morgan fingerprint density at radius 1 is 1.15 bits per heavy atom. The summed E-state index contributed by atoms with van der Waals surface area (Å²) in [5.41, 5.74) is 4.25. The molecule has 2 amide bonds. The summed E-state index contributed by atoms with van der Waals surface area (Å²) < 4.78 is 5.64. The molecule has 1 aromatic heterocycles. The largest absolute Gasteiger partial charge is 0.468 e. The number of carbonyl (C=O) groups excluding carboxylic acids is 1. The van der Waals surface area contributed by atoms with Crippen LogP contribution in [0, 0.1) is 20.8 Å². The summed E-state index contributed by atoms with van der Waals surface area (Å²) >= 11 is 0. The van der Waals surface area contributed by atoms with Crippen LogP contribution < -0.4 is 10.6 Å². The zero-order valence-electron chi connectivity index (χ0n) is 16.0. The van der Waals surface area contributed by atoms with Crippen LogP contribution in [0.3, 0.4) is 0 Å². The third-order valence-electron chi connectivity index (χ3n) is 5.07. The number of anilines is 1. The quantitative estimate of drug-likeness (QED) is 0.827. The van der Waals surface area contributed by atoms with E-state index in [2.05, 4.69) is 34.6 Å². The number of amides is 2. The monoisotopic (exact) mass is 355 g/mol. The molecule has 1 aliphatic rings. The van der Waals surface area contributed by atoms with Crippen LogP contribution in [0.25, 0.3) is 0 Å². The number of carbonyl (C=O) groups is 1. The van der Waals surface area contributed by atoms with Gasteiger partial charge in [-0.2, -0.15) is 0 Å². The predicted molar refractivity (Wildman–Crippen MR) is 105 cm³/mol. The van der Waals surface area contributed by atoms with Crippen molar-refractivity contribution in [3.05, 3.63) is 53.0 Å². The average molecular weight is 355 g/mol. The SMILES string of the molecule is Cc1cc(C)c(NC(=O)NCC(c2ccco2)N2CCCCC2)c(C)c1. The molecule has 5 heteroatoms. The van der Waals surface area contributed by atoms with Crippen LogP contribution in [0.4, 0.5) is 10.5 Å². The van der Waals surface area contributed by atoms with Crippen molar-refractivity contribution < 1.29 is 9.21 Å². The van der Waals surface area contributed by atoms with Gasteiger partial charge in [0.2, 0.25) is 0 Å². The van der Waals surface area contributed by atoms with Crippen LogP contribution >= 0.6 is 0 Å². The fourth-order valence-corrected chi connectivity index (χ4v) is 3.84. The fourth-order valence-electron chi connectivity index (χ4n) is 3.84. The molecule has 1 atom stereocenters. The van der Waals surface area contributed by atoms with Gasteiger partial charge >= 0.3 is 6.03 Å². The Bertz CT molecular complexity index is 711. The highest BCUT2D eigenvalue weighted by molar-refractivity contribution is 5.91. The minimum Gasteiger partial charge on any atom is -0.468 e. The Balaban J connectivity index is 1.64. The lowest BCUT2D eigenvalue weighted by atomic mass is 10.1. The maximum atomic E-state index is 12.5. The zero-order valence-corrected chi connectivity index (χ0v) is 16.0. The topological polar surface area (TPSA) is 57.5 Å². The van der Waals surface area contributed by atoms with Gasteiger partial charge in [-0.3, -0.25) is 4.90 Å². The highest BCUT2D eigenvalue weighted by Crippen LogP contribution is 2.25. The second-order valence-electron chi connectivity index (χ2n) is 7.24. The number of likely N-dealkylation sites (tertiary alicyclic amines) is 1. The molecule has 0 aliphatic carbocycles. The van der Waals surface area contributed by atoms with Crippen LogP contribution in [0.15, 0.2) is 34.9 Å². The summed E-state index contributed by atoms with van der Waals surface area (Å²) in [4.78, 5) is 14.9. The van der Waals surface area contributed by atoms with Gasteiger partial charge in [-0.15, -0.1) is 0 Å². The molecular formula is C21H29N3O2.